The summed E-state index contributed by atoms with van der Waals surface area (Å²) in [5, 5.41) is 0. The summed E-state index contributed by atoms with van der Waals surface area (Å²) in [4.78, 5) is 58.0. The molecule has 0 saturated carbocycles. The van der Waals surface area contributed by atoms with Gasteiger partial charge in [-0.05, 0) is 0 Å². The third-order valence-corrected chi connectivity index (χ3v) is 3.87. The van der Waals surface area contributed by atoms with E-state index in [4.69, 9.17) is 63.2 Å². The summed E-state index contributed by atoms with van der Waals surface area (Å²) < 4.78 is 28.2. The van der Waals surface area contributed by atoms with Crippen LogP contribution in [0.3, 0.4) is 0 Å². The average Bonchev–Trinajstić information content (AvgIpc) is 2.56. The van der Waals surface area contributed by atoms with Gasteiger partial charge >= 0.3 is 29.8 Å². The van der Waals surface area contributed by atoms with Crippen LogP contribution in [0, 0.1) is 0 Å². The van der Waals surface area contributed by atoms with Gasteiger partial charge in [-0.3, -0.25) is 19.2 Å². The van der Waals surface area contributed by atoms with Crippen LogP contribution >= 0.6 is 34.8 Å². The molecule has 1 rings (SSSR count). The number of rotatable bonds is 6. The first-order valence-electron chi connectivity index (χ1n) is 8.30. The zero-order valence-corrected chi connectivity index (χ0v) is 18.5. The van der Waals surface area contributed by atoms with Gasteiger partial charge in [-0.15, -0.1) is 0 Å². The SMILES string of the molecule is CC(=O)OC[C@H]1O[C@H](OC(=O)C(Cl)(Cl)Cl)[C@H](OC(C)=O)[C@@H](OC(C)=O)[C@H]1OC(C)=O. The maximum Gasteiger partial charge on any atom is 0.360 e. The van der Waals surface area contributed by atoms with Crippen molar-refractivity contribution in [1.29, 1.82) is 0 Å². The molecule has 0 N–H and O–H groups in total. The Bertz CT molecular complexity index is 690. The van der Waals surface area contributed by atoms with Gasteiger partial charge < -0.3 is 28.4 Å². The number of alkyl halides is 3. The number of carbonyl (C=O) groups is 5. The number of hydrogen-bond donors (Lipinski definition) is 0. The minimum Gasteiger partial charge on any atom is -0.463 e. The summed E-state index contributed by atoms with van der Waals surface area (Å²) >= 11 is 16.4. The van der Waals surface area contributed by atoms with Crippen LogP contribution in [0.4, 0.5) is 0 Å². The maximum absolute atomic E-state index is 12.0. The molecule has 170 valence electrons. The lowest BCUT2D eigenvalue weighted by molar-refractivity contribution is -0.300. The molecule has 1 saturated heterocycles. The topological polar surface area (TPSA) is 141 Å². The van der Waals surface area contributed by atoms with Crippen LogP contribution in [-0.4, -0.2) is 71.0 Å². The smallest absolute Gasteiger partial charge is 0.360 e. The number of carbonyl (C=O) groups excluding carboxylic acids is 5. The van der Waals surface area contributed by atoms with Gasteiger partial charge in [0.25, 0.3) is 3.79 Å². The second-order valence-corrected chi connectivity index (χ2v) is 8.25. The monoisotopic (exact) mass is 492 g/mol. The van der Waals surface area contributed by atoms with Gasteiger partial charge in [-0.25, -0.2) is 4.79 Å². The highest BCUT2D eigenvalue weighted by molar-refractivity contribution is 6.75. The van der Waals surface area contributed by atoms with E-state index in [-0.39, 0.29) is 0 Å². The second kappa shape index (κ2) is 11.0. The van der Waals surface area contributed by atoms with Crippen molar-refractivity contribution < 1.29 is 52.4 Å². The third-order valence-electron chi connectivity index (χ3n) is 3.40. The van der Waals surface area contributed by atoms with Crippen molar-refractivity contribution in [2.45, 2.75) is 62.2 Å². The van der Waals surface area contributed by atoms with Gasteiger partial charge in [0.2, 0.25) is 12.4 Å². The van der Waals surface area contributed by atoms with Gasteiger partial charge in [-0.2, -0.15) is 0 Å². The van der Waals surface area contributed by atoms with Crippen molar-refractivity contribution >= 4 is 64.6 Å². The molecule has 30 heavy (non-hydrogen) atoms. The van der Waals surface area contributed by atoms with Crippen LogP contribution in [0.2, 0.25) is 0 Å². The molecule has 5 atom stereocenters. The zero-order chi connectivity index (χ0) is 23.2. The lowest BCUT2D eigenvalue weighted by Crippen LogP contribution is -2.63. The van der Waals surface area contributed by atoms with E-state index < -0.39 is 71.0 Å². The Hall–Kier alpha value is -1.82. The van der Waals surface area contributed by atoms with Crippen molar-refractivity contribution in [2.24, 2.45) is 0 Å². The summed E-state index contributed by atoms with van der Waals surface area (Å²) in [7, 11) is 0. The molecule has 1 fully saturated rings. The number of esters is 5. The van der Waals surface area contributed by atoms with Gasteiger partial charge in [0.15, 0.2) is 12.2 Å². The summed E-state index contributed by atoms with van der Waals surface area (Å²) in [5.74, 6) is -4.65. The average molecular weight is 494 g/mol. The van der Waals surface area contributed by atoms with E-state index in [1.54, 1.807) is 0 Å². The van der Waals surface area contributed by atoms with Crippen molar-refractivity contribution in [3.05, 3.63) is 0 Å². The first kappa shape index (κ1) is 26.2. The highest BCUT2D eigenvalue weighted by atomic mass is 35.6. The van der Waals surface area contributed by atoms with E-state index in [1.165, 1.54) is 0 Å². The molecule has 0 spiro atoms. The van der Waals surface area contributed by atoms with Crippen LogP contribution in [0.5, 0.6) is 0 Å². The molecule has 14 heteroatoms. The van der Waals surface area contributed by atoms with E-state index in [0.717, 1.165) is 27.7 Å². The third kappa shape index (κ3) is 8.13. The molecule has 0 aromatic carbocycles. The van der Waals surface area contributed by atoms with E-state index in [2.05, 4.69) is 0 Å². The molecule has 11 nitrogen and oxygen atoms in total. The Kier molecular flexibility index (Phi) is 9.60. The normalized spacial score (nSPS) is 26.2. The minimum atomic E-state index is -2.51. The predicted octanol–water partition coefficient (Wildman–Crippen LogP) is 0.983. The number of halogens is 3. The largest absolute Gasteiger partial charge is 0.463 e. The molecule has 1 aliphatic rings. The predicted molar refractivity (Wildman–Crippen MR) is 98.3 cm³/mol. The second-order valence-electron chi connectivity index (χ2n) is 5.97. The highest BCUT2D eigenvalue weighted by Gasteiger charge is 2.54. The summed E-state index contributed by atoms with van der Waals surface area (Å²) in [6.07, 6.45) is -7.60. The maximum atomic E-state index is 12.0. The standard InChI is InChI=1S/C16H19Cl3O11/c1-6(20)25-5-10-11(26-7(2)21)12(27-8(3)22)13(28-9(4)23)14(29-10)30-15(24)16(17,18)19/h10-14H,5H2,1-4H3/t10-,11+,12+,13-,14-/m1/s1. The fourth-order valence-corrected chi connectivity index (χ4v) is 2.59. The molecule has 0 aromatic rings. The number of hydrogen-bond acceptors (Lipinski definition) is 11. The molecule has 0 amide bonds. The molecule has 0 aliphatic carbocycles. The van der Waals surface area contributed by atoms with Crippen molar-refractivity contribution in [3.63, 3.8) is 0 Å². The van der Waals surface area contributed by atoms with Gasteiger partial charge in [0.1, 0.15) is 12.7 Å². The zero-order valence-electron chi connectivity index (χ0n) is 16.2. The van der Waals surface area contributed by atoms with Crippen molar-refractivity contribution in [2.75, 3.05) is 6.61 Å². The molecule has 0 bridgehead atoms. The summed E-state index contributed by atoms with van der Waals surface area (Å²) in [6.45, 7) is 3.72. The molecule has 0 radical (unpaired) electrons. The Morgan fingerprint density at radius 3 is 1.63 bits per heavy atom. The van der Waals surface area contributed by atoms with Gasteiger partial charge in [0.05, 0.1) is 0 Å². The minimum absolute atomic E-state index is 0.500. The lowest BCUT2D eigenvalue weighted by Gasteiger charge is -2.43. The van der Waals surface area contributed by atoms with Crippen LogP contribution in [0.25, 0.3) is 0 Å². The van der Waals surface area contributed by atoms with Crippen LogP contribution in [-0.2, 0) is 52.4 Å². The Labute approximate surface area is 186 Å². The highest BCUT2D eigenvalue weighted by Crippen LogP contribution is 2.33. The van der Waals surface area contributed by atoms with Gasteiger partial charge in [-0.1, -0.05) is 34.8 Å². The quantitative estimate of drug-likeness (QED) is 0.297. The molecule has 1 aliphatic heterocycles. The lowest BCUT2D eigenvalue weighted by atomic mass is 9.98. The Morgan fingerprint density at radius 2 is 1.20 bits per heavy atom. The summed E-state index contributed by atoms with van der Waals surface area (Å²) in [6, 6.07) is 0. The molecule has 0 unspecified atom stereocenters. The molecule has 0 aromatic heterocycles. The van der Waals surface area contributed by atoms with Crippen LogP contribution in [0.15, 0.2) is 0 Å². The van der Waals surface area contributed by atoms with E-state index in [0.29, 0.717) is 0 Å². The molecule has 1 heterocycles. The fraction of sp³-hybridized carbons (Fsp3) is 0.688. The van der Waals surface area contributed by atoms with E-state index >= 15 is 0 Å². The number of ether oxygens (including phenoxy) is 6. The molecular weight excluding hydrogens is 475 g/mol. The fourth-order valence-electron chi connectivity index (χ4n) is 2.46. The van der Waals surface area contributed by atoms with Crippen molar-refractivity contribution in [1.82, 2.24) is 0 Å². The summed E-state index contributed by atoms with van der Waals surface area (Å²) in [5.41, 5.74) is 0. The van der Waals surface area contributed by atoms with Crippen LogP contribution < -0.4 is 0 Å². The molecular formula is C16H19Cl3O11. The van der Waals surface area contributed by atoms with Crippen LogP contribution in [0.1, 0.15) is 27.7 Å². The van der Waals surface area contributed by atoms with Gasteiger partial charge in [0, 0.05) is 27.7 Å². The first-order chi connectivity index (χ1) is 13.7. The van der Waals surface area contributed by atoms with E-state index in [1.807, 2.05) is 0 Å². The first-order valence-corrected chi connectivity index (χ1v) is 9.44. The Morgan fingerprint density at radius 1 is 0.733 bits per heavy atom. The van der Waals surface area contributed by atoms with E-state index in [9.17, 15) is 24.0 Å². The Balaban J connectivity index is 3.37. The van der Waals surface area contributed by atoms with Crippen molar-refractivity contribution in [3.8, 4) is 0 Å².